The summed E-state index contributed by atoms with van der Waals surface area (Å²) in [6.45, 7) is 1.71. The van der Waals surface area contributed by atoms with E-state index in [1.54, 1.807) is 36.0 Å². The van der Waals surface area contributed by atoms with E-state index in [1.807, 2.05) is 55.5 Å². The van der Waals surface area contributed by atoms with Gasteiger partial charge in [-0.25, -0.2) is 26.6 Å². The van der Waals surface area contributed by atoms with Crippen LogP contribution < -0.4 is 5.32 Å². The van der Waals surface area contributed by atoms with Gasteiger partial charge in [0.2, 0.25) is 11.0 Å². The van der Waals surface area contributed by atoms with Crippen LogP contribution in [-0.4, -0.2) is 43.1 Å². The van der Waals surface area contributed by atoms with Gasteiger partial charge in [-0.2, -0.15) is 0 Å². The van der Waals surface area contributed by atoms with E-state index in [0.29, 0.717) is 22.0 Å². The van der Waals surface area contributed by atoms with Gasteiger partial charge >= 0.3 is 0 Å². The average Bonchev–Trinajstić information content (AvgIpc) is 3.56. The van der Waals surface area contributed by atoms with Gasteiger partial charge in [0.1, 0.15) is 5.56 Å². The number of rotatable bonds is 10. The molecule has 6 rings (SSSR count). The molecule has 50 heavy (non-hydrogen) atoms. The number of hydrogen-bond donors (Lipinski definition) is 2. The first kappa shape index (κ1) is 35.1. The van der Waals surface area contributed by atoms with Crippen molar-refractivity contribution in [1.82, 2.24) is 25.5 Å². The summed E-state index contributed by atoms with van der Waals surface area (Å²) >= 11 is 1.46. The number of amides is 1. The number of hydrogen-bond acceptors (Lipinski definition) is 8. The Hall–Kier alpha value is -4.70. The van der Waals surface area contributed by atoms with Gasteiger partial charge in [0, 0.05) is 30.8 Å². The number of aromatic nitrogens is 4. The third-order valence-corrected chi connectivity index (χ3v) is 9.57. The van der Waals surface area contributed by atoms with Crippen LogP contribution in [0.4, 0.5) is 22.0 Å². The van der Waals surface area contributed by atoms with Gasteiger partial charge in [-0.05, 0) is 38.2 Å². The van der Waals surface area contributed by atoms with Crippen molar-refractivity contribution in [3.63, 3.8) is 0 Å². The summed E-state index contributed by atoms with van der Waals surface area (Å²) < 4.78 is 83.9. The lowest BCUT2D eigenvalue weighted by Gasteiger charge is -2.41. The van der Waals surface area contributed by atoms with E-state index in [9.17, 15) is 31.9 Å². The average molecular weight is 712 g/mol. The fourth-order valence-corrected chi connectivity index (χ4v) is 6.67. The molecular weight excluding hydrogens is 681 g/mol. The zero-order valence-electron chi connectivity index (χ0n) is 26.6. The maximum Gasteiger partial charge on any atom is 0.257 e. The largest absolute Gasteiger partial charge is 0.392 e. The van der Waals surface area contributed by atoms with E-state index in [2.05, 4.69) is 20.8 Å². The molecule has 1 saturated heterocycles. The first-order chi connectivity index (χ1) is 24.1. The van der Waals surface area contributed by atoms with Gasteiger partial charge in [0.15, 0.2) is 29.6 Å². The normalized spacial score (nSPS) is 19.0. The van der Waals surface area contributed by atoms with Crippen LogP contribution >= 0.6 is 11.8 Å². The molecule has 4 aromatic carbocycles. The van der Waals surface area contributed by atoms with Gasteiger partial charge in [0.25, 0.3) is 5.91 Å². The Balaban J connectivity index is 1.22. The second-order valence-corrected chi connectivity index (χ2v) is 12.6. The summed E-state index contributed by atoms with van der Waals surface area (Å²) in [6.07, 6.45) is -1.35. The van der Waals surface area contributed by atoms with E-state index in [4.69, 9.17) is 9.47 Å². The molecule has 0 spiro atoms. The third kappa shape index (κ3) is 7.12. The zero-order valence-corrected chi connectivity index (χ0v) is 27.4. The van der Waals surface area contributed by atoms with Gasteiger partial charge < -0.3 is 19.9 Å². The molecule has 0 radical (unpaired) electrons. The highest BCUT2D eigenvalue weighted by Crippen LogP contribution is 2.43. The maximum atomic E-state index is 14.2. The SMILES string of the molecule is CC1C(CSc2nnnn2C)OC(c2ccc(-c3ccccc3CNC(=O)c3c(F)c(F)c(F)c(F)c3F)cc2)OC1c1ccc(CO)cc1. The molecular formula is C35H30F5N5O4S. The van der Waals surface area contributed by atoms with Crippen LogP contribution in [0.15, 0.2) is 78.0 Å². The topological polar surface area (TPSA) is 111 Å². The molecule has 0 saturated carbocycles. The number of halogens is 5. The lowest BCUT2D eigenvalue weighted by molar-refractivity contribution is -0.268. The molecule has 1 aliphatic heterocycles. The van der Waals surface area contributed by atoms with E-state index in [1.165, 1.54) is 11.8 Å². The molecule has 260 valence electrons. The van der Waals surface area contributed by atoms with Crippen LogP contribution in [0, 0.1) is 35.0 Å². The number of benzene rings is 4. The van der Waals surface area contributed by atoms with Crippen LogP contribution in [0.2, 0.25) is 0 Å². The van der Waals surface area contributed by atoms with Crippen molar-refractivity contribution in [3.05, 3.63) is 130 Å². The minimum Gasteiger partial charge on any atom is -0.392 e. The van der Waals surface area contributed by atoms with Crippen molar-refractivity contribution in [2.24, 2.45) is 13.0 Å². The van der Waals surface area contributed by atoms with E-state index in [0.717, 1.165) is 22.3 Å². The highest BCUT2D eigenvalue weighted by atomic mass is 32.2. The highest BCUT2D eigenvalue weighted by molar-refractivity contribution is 7.99. The van der Waals surface area contributed by atoms with Crippen molar-refractivity contribution in [3.8, 4) is 11.1 Å². The second kappa shape index (κ2) is 15.0. The van der Waals surface area contributed by atoms with Crippen molar-refractivity contribution in [2.75, 3.05) is 5.75 Å². The molecule has 1 fully saturated rings. The van der Waals surface area contributed by atoms with Crippen LogP contribution in [0.25, 0.3) is 11.1 Å². The van der Waals surface area contributed by atoms with Crippen molar-refractivity contribution >= 4 is 17.7 Å². The molecule has 2 heterocycles. The summed E-state index contributed by atoms with van der Waals surface area (Å²) in [6, 6.07) is 21.8. The van der Waals surface area contributed by atoms with Crippen LogP contribution in [-0.2, 0) is 29.7 Å². The number of thioether (sulfide) groups is 1. The van der Waals surface area contributed by atoms with Gasteiger partial charge in [-0.1, -0.05) is 91.5 Å². The maximum absolute atomic E-state index is 14.2. The quantitative estimate of drug-likeness (QED) is 0.0724. The molecule has 1 aliphatic rings. The Kier molecular flexibility index (Phi) is 10.6. The van der Waals surface area contributed by atoms with Crippen molar-refractivity contribution < 1.29 is 41.3 Å². The molecule has 4 unspecified atom stereocenters. The lowest BCUT2D eigenvalue weighted by atomic mass is 9.91. The first-order valence-electron chi connectivity index (χ1n) is 15.4. The van der Waals surface area contributed by atoms with E-state index >= 15 is 0 Å². The summed E-state index contributed by atoms with van der Waals surface area (Å²) in [7, 11) is 1.76. The smallest absolute Gasteiger partial charge is 0.257 e. The van der Waals surface area contributed by atoms with Gasteiger partial charge in [-0.3, -0.25) is 4.79 Å². The molecule has 9 nitrogen and oxygen atoms in total. The summed E-state index contributed by atoms with van der Waals surface area (Å²) in [5.74, 6) is -12.1. The molecule has 1 aromatic heterocycles. The number of aliphatic hydroxyl groups excluding tert-OH is 1. The molecule has 4 atom stereocenters. The molecule has 1 amide bonds. The zero-order chi connectivity index (χ0) is 35.5. The Morgan fingerprint density at radius 3 is 2.16 bits per heavy atom. The van der Waals surface area contributed by atoms with E-state index < -0.39 is 46.8 Å². The molecule has 0 bridgehead atoms. The molecule has 15 heteroatoms. The number of carbonyl (C=O) groups is 1. The predicted octanol–water partition coefficient (Wildman–Crippen LogP) is 6.58. The second-order valence-electron chi connectivity index (χ2n) is 11.6. The van der Waals surface area contributed by atoms with Crippen LogP contribution in [0.5, 0.6) is 0 Å². The fraction of sp³-hybridized carbons (Fsp3) is 0.257. The van der Waals surface area contributed by atoms with Gasteiger partial charge in [-0.15, -0.1) is 5.10 Å². The molecule has 5 aromatic rings. The molecule has 2 N–H and O–H groups in total. The first-order valence-corrected chi connectivity index (χ1v) is 16.4. The Labute approximate surface area is 287 Å². The highest BCUT2D eigenvalue weighted by Gasteiger charge is 2.38. The summed E-state index contributed by atoms with van der Waals surface area (Å²) in [5.41, 5.74) is 2.78. The van der Waals surface area contributed by atoms with Gasteiger partial charge in [0.05, 0.1) is 18.8 Å². The number of nitrogens with zero attached hydrogens (tertiary/aromatic N) is 4. The van der Waals surface area contributed by atoms with Crippen LogP contribution in [0.3, 0.4) is 0 Å². The summed E-state index contributed by atoms with van der Waals surface area (Å²) in [4.78, 5) is 12.6. The minimum absolute atomic E-state index is 0.0638. The Bertz CT molecular complexity index is 1970. The minimum atomic E-state index is -2.34. The summed E-state index contributed by atoms with van der Waals surface area (Å²) in [5, 5.41) is 24.1. The van der Waals surface area contributed by atoms with E-state index in [-0.39, 0.29) is 31.3 Å². The number of aryl methyl sites for hydroxylation is 1. The van der Waals surface area contributed by atoms with Crippen molar-refractivity contribution in [1.29, 1.82) is 0 Å². The number of carbonyl (C=O) groups excluding carboxylic acids is 1. The number of ether oxygens (including phenoxy) is 2. The monoisotopic (exact) mass is 711 g/mol. The Morgan fingerprint density at radius 2 is 1.52 bits per heavy atom. The number of aliphatic hydroxyl groups is 1. The standard InChI is InChI=1S/C35H30F5N5O4S/c1-18-25(17-50-35-42-43-44-45(35)2)48-34(49-32(18)21-9-7-19(16-46)8-10-21)22-13-11-20(12-14-22)24-6-4-3-5-23(24)15-41-33(47)26-27(36)29(38)31(40)30(39)28(26)37/h3-14,18,25,32,34,46H,15-17H2,1-2H3,(H,41,47). The van der Waals surface area contributed by atoms with Crippen LogP contribution in [0.1, 0.15) is 51.9 Å². The molecule has 0 aliphatic carbocycles. The number of nitrogens with one attached hydrogen (secondary N) is 1. The third-order valence-electron chi connectivity index (χ3n) is 8.47. The number of tetrazole rings is 1. The Morgan fingerprint density at radius 1 is 0.880 bits per heavy atom. The predicted molar refractivity (Wildman–Crippen MR) is 172 cm³/mol. The van der Waals surface area contributed by atoms with Crippen molar-refractivity contribution in [2.45, 2.75) is 43.7 Å². The lowest BCUT2D eigenvalue weighted by Crippen LogP contribution is -2.38. The fourth-order valence-electron chi connectivity index (χ4n) is 5.65.